The summed E-state index contributed by atoms with van der Waals surface area (Å²) in [7, 11) is -4.27. The van der Waals surface area contributed by atoms with Gasteiger partial charge in [-0.1, -0.05) is 154 Å². The van der Waals surface area contributed by atoms with E-state index < -0.39 is 13.9 Å². The van der Waals surface area contributed by atoms with E-state index in [4.69, 9.17) is 24.3 Å². The fraction of sp³-hybridized carbons (Fsp3) is 0.829. The molecule has 0 aliphatic carbocycles. The summed E-state index contributed by atoms with van der Waals surface area (Å²) in [6.07, 6.45) is 44.0. The molecule has 1 unspecified atom stereocenters. The Morgan fingerprint density at radius 1 is 0.620 bits per heavy atom. The molecule has 0 aromatic heterocycles. The van der Waals surface area contributed by atoms with Crippen molar-refractivity contribution in [2.75, 3.05) is 26.4 Å². The summed E-state index contributed by atoms with van der Waals surface area (Å²) in [6, 6.07) is 0. The molecule has 0 aromatic carbocycles. The molecule has 0 rings (SSSR count). The fourth-order valence-corrected chi connectivity index (χ4v) is 6.30. The number of rotatable bonds is 39. The quantitative estimate of drug-likeness (QED) is 0.0211. The second-order valence-corrected chi connectivity index (χ2v) is 15.0. The lowest BCUT2D eigenvalue weighted by atomic mass is 10.0. The first-order valence-electron chi connectivity index (χ1n) is 20.5. The second-order valence-electron chi connectivity index (χ2n) is 13.6. The normalized spacial score (nSPS) is 13.8. The molecule has 0 bridgehead atoms. The van der Waals surface area contributed by atoms with Crippen LogP contribution < -0.4 is 5.73 Å². The topological polar surface area (TPSA) is 117 Å². The lowest BCUT2D eigenvalue weighted by Gasteiger charge is -2.19. The number of esters is 1. The van der Waals surface area contributed by atoms with Crippen molar-refractivity contribution in [2.45, 2.75) is 193 Å². The fourth-order valence-electron chi connectivity index (χ4n) is 5.54. The number of hydrogen-bond donors (Lipinski definition) is 2. The number of carbonyl (C=O) groups is 1. The first kappa shape index (κ1) is 48.6. The highest BCUT2D eigenvalue weighted by Gasteiger charge is 2.24. The number of allylic oxidation sites excluding steroid dienone is 5. The molecule has 0 aliphatic heterocycles. The number of nitrogens with two attached hydrogens (primary N) is 1. The second kappa shape index (κ2) is 38.8. The Morgan fingerprint density at radius 3 is 1.62 bits per heavy atom. The summed E-state index contributed by atoms with van der Waals surface area (Å²) in [5.74, 6) is -0.303. The minimum absolute atomic E-state index is 0.0703. The van der Waals surface area contributed by atoms with E-state index in [1.54, 1.807) is 6.26 Å². The van der Waals surface area contributed by atoms with Gasteiger partial charge >= 0.3 is 13.8 Å². The minimum atomic E-state index is -4.27. The lowest BCUT2D eigenvalue weighted by molar-refractivity contribution is -0.147. The highest BCUT2D eigenvalue weighted by atomic mass is 31.2. The lowest BCUT2D eigenvalue weighted by Crippen LogP contribution is -2.25. The molecule has 0 radical (unpaired) electrons. The van der Waals surface area contributed by atoms with E-state index in [1.165, 1.54) is 109 Å². The first-order valence-corrected chi connectivity index (χ1v) is 22.0. The number of phosphoric ester groups is 1. The van der Waals surface area contributed by atoms with Gasteiger partial charge in [0.05, 0.1) is 19.5 Å². The maximum absolute atomic E-state index is 12.4. The average molecular weight is 728 g/mol. The average Bonchev–Trinajstić information content (AvgIpc) is 3.11. The van der Waals surface area contributed by atoms with E-state index in [1.807, 2.05) is 6.08 Å². The van der Waals surface area contributed by atoms with Crippen molar-refractivity contribution in [1.29, 1.82) is 0 Å². The predicted octanol–water partition coefficient (Wildman–Crippen LogP) is 12.2. The summed E-state index contributed by atoms with van der Waals surface area (Å²) < 4.78 is 33.1. The largest absolute Gasteiger partial charge is 0.492 e. The summed E-state index contributed by atoms with van der Waals surface area (Å²) in [5, 5.41) is 0. The van der Waals surface area contributed by atoms with Gasteiger partial charge in [-0.15, -0.1) is 0 Å². The monoisotopic (exact) mass is 728 g/mol. The molecule has 0 spiro atoms. The van der Waals surface area contributed by atoms with E-state index in [-0.39, 0.29) is 32.3 Å². The number of phosphoric acid groups is 1. The van der Waals surface area contributed by atoms with Gasteiger partial charge < -0.3 is 20.1 Å². The van der Waals surface area contributed by atoms with E-state index in [0.29, 0.717) is 6.42 Å². The van der Waals surface area contributed by atoms with Crippen molar-refractivity contribution < 1.29 is 32.8 Å². The minimum Gasteiger partial charge on any atom is -0.492 e. The number of carbonyl (C=O) groups excluding carboxylic acids is 1. The van der Waals surface area contributed by atoms with Gasteiger partial charge in [-0.3, -0.25) is 13.8 Å². The van der Waals surface area contributed by atoms with Crippen LogP contribution in [-0.4, -0.2) is 43.3 Å². The van der Waals surface area contributed by atoms with Gasteiger partial charge in [0.15, 0.2) is 6.10 Å². The van der Waals surface area contributed by atoms with Gasteiger partial charge in [-0.2, -0.15) is 0 Å². The van der Waals surface area contributed by atoms with Crippen LogP contribution in [0.25, 0.3) is 0 Å². The van der Waals surface area contributed by atoms with Crippen molar-refractivity contribution in [3.05, 3.63) is 36.6 Å². The molecule has 0 amide bonds. The van der Waals surface area contributed by atoms with E-state index >= 15 is 0 Å². The predicted molar refractivity (Wildman–Crippen MR) is 210 cm³/mol. The zero-order valence-corrected chi connectivity index (χ0v) is 33.3. The van der Waals surface area contributed by atoms with Crippen molar-refractivity contribution in [1.82, 2.24) is 0 Å². The molecule has 50 heavy (non-hydrogen) atoms. The smallest absolute Gasteiger partial charge is 0.472 e. The van der Waals surface area contributed by atoms with Crippen LogP contribution >= 0.6 is 7.82 Å². The summed E-state index contributed by atoms with van der Waals surface area (Å²) in [6.45, 7) is 4.18. The zero-order valence-electron chi connectivity index (χ0n) is 32.4. The molecule has 2 atom stereocenters. The van der Waals surface area contributed by atoms with Gasteiger partial charge in [0, 0.05) is 13.0 Å². The molecule has 0 saturated heterocycles. The van der Waals surface area contributed by atoms with Crippen LogP contribution in [0.3, 0.4) is 0 Å². The molecule has 294 valence electrons. The van der Waals surface area contributed by atoms with Crippen LogP contribution in [0.15, 0.2) is 36.6 Å². The Labute approximate surface area is 308 Å². The van der Waals surface area contributed by atoms with Gasteiger partial charge in [0.1, 0.15) is 6.61 Å². The Hall–Kier alpha value is -1.44. The Kier molecular flexibility index (Phi) is 37.7. The third kappa shape index (κ3) is 37.8. The Morgan fingerprint density at radius 2 is 1.08 bits per heavy atom. The number of hydrogen-bond acceptors (Lipinski definition) is 7. The molecular formula is C41H78NO7P. The van der Waals surface area contributed by atoms with Crippen LogP contribution in [-0.2, 0) is 27.9 Å². The molecule has 3 N–H and O–H groups in total. The van der Waals surface area contributed by atoms with Crippen LogP contribution in [0.2, 0.25) is 0 Å². The van der Waals surface area contributed by atoms with E-state index in [9.17, 15) is 14.3 Å². The van der Waals surface area contributed by atoms with Crippen molar-refractivity contribution in [2.24, 2.45) is 5.73 Å². The Balaban J connectivity index is 4.12. The molecule has 0 heterocycles. The summed E-state index contributed by atoms with van der Waals surface area (Å²) in [5.41, 5.74) is 5.36. The standard InChI is InChI=1S/C41H78NO7P/c1-3-5-7-9-11-13-15-17-19-21-23-25-27-29-31-33-36-46-40(39-49-50(44,45)48-37-35-42)38-47-41(43)34-32-30-28-26-24-22-20-18-16-14-12-10-8-6-4-2/h12,14,18,20,33,36,40H,3-11,13,15-17,19,21-32,34-35,37-39,42H2,1-2H3,(H,44,45)/t40-/m1/s1. The van der Waals surface area contributed by atoms with Gasteiger partial charge in [0.2, 0.25) is 0 Å². The highest BCUT2D eigenvalue weighted by molar-refractivity contribution is 7.47. The number of unbranched alkanes of at least 4 members (excludes halogenated alkanes) is 22. The molecule has 0 fully saturated rings. The van der Waals surface area contributed by atoms with Gasteiger partial charge in [0.25, 0.3) is 0 Å². The van der Waals surface area contributed by atoms with Crippen molar-refractivity contribution in [3.63, 3.8) is 0 Å². The van der Waals surface area contributed by atoms with Crippen LogP contribution in [0.1, 0.15) is 187 Å². The third-order valence-electron chi connectivity index (χ3n) is 8.65. The SMILES string of the molecule is CCCCCC=CCC=CCCCCCCCC(=O)OC[C@H](COP(=O)(O)OCCN)OC=CCCCCCCCCCCCCCCCC. The van der Waals surface area contributed by atoms with Crippen molar-refractivity contribution >= 4 is 13.8 Å². The van der Waals surface area contributed by atoms with E-state index in [2.05, 4.69) is 38.2 Å². The molecule has 0 aromatic rings. The highest BCUT2D eigenvalue weighted by Crippen LogP contribution is 2.43. The maximum atomic E-state index is 12.4. The van der Waals surface area contributed by atoms with Crippen molar-refractivity contribution in [3.8, 4) is 0 Å². The number of ether oxygens (including phenoxy) is 2. The molecule has 0 saturated carbocycles. The van der Waals surface area contributed by atoms with Crippen LogP contribution in [0, 0.1) is 0 Å². The molecule has 8 nitrogen and oxygen atoms in total. The van der Waals surface area contributed by atoms with E-state index in [0.717, 1.165) is 57.8 Å². The summed E-state index contributed by atoms with van der Waals surface area (Å²) in [4.78, 5) is 22.2. The van der Waals surface area contributed by atoms with Gasteiger partial charge in [-0.25, -0.2) is 4.57 Å². The van der Waals surface area contributed by atoms with Crippen LogP contribution in [0.5, 0.6) is 0 Å². The maximum Gasteiger partial charge on any atom is 0.472 e. The molecule has 9 heteroatoms. The van der Waals surface area contributed by atoms with Crippen LogP contribution in [0.4, 0.5) is 0 Å². The first-order chi connectivity index (χ1) is 24.4. The van der Waals surface area contributed by atoms with Gasteiger partial charge in [-0.05, 0) is 57.4 Å². The molecular weight excluding hydrogens is 649 g/mol. The summed E-state index contributed by atoms with van der Waals surface area (Å²) >= 11 is 0. The zero-order chi connectivity index (χ0) is 36.6. The third-order valence-corrected chi connectivity index (χ3v) is 9.63. The Bertz CT molecular complexity index is 864. The molecule has 0 aliphatic rings.